The maximum atomic E-state index is 5.83. The van der Waals surface area contributed by atoms with Crippen molar-refractivity contribution in [2.75, 3.05) is 6.61 Å². The van der Waals surface area contributed by atoms with Crippen molar-refractivity contribution in [3.63, 3.8) is 0 Å². The van der Waals surface area contributed by atoms with Crippen molar-refractivity contribution >= 4 is 31.9 Å². The third kappa shape index (κ3) is 3.09. The van der Waals surface area contributed by atoms with E-state index in [4.69, 9.17) is 4.74 Å². The molecule has 0 fully saturated rings. The van der Waals surface area contributed by atoms with Crippen LogP contribution in [0.4, 0.5) is 0 Å². The molecule has 0 amide bonds. The minimum absolute atomic E-state index is 0.465. The highest BCUT2D eigenvalue weighted by Gasteiger charge is 2.29. The van der Waals surface area contributed by atoms with Crippen molar-refractivity contribution in [2.24, 2.45) is 5.92 Å². The zero-order valence-electron chi connectivity index (χ0n) is 11.1. The van der Waals surface area contributed by atoms with Gasteiger partial charge in [0.2, 0.25) is 0 Å². The molecule has 1 aliphatic carbocycles. The second-order valence-corrected chi connectivity index (χ2v) is 7.06. The molecule has 0 spiro atoms. The summed E-state index contributed by atoms with van der Waals surface area (Å²) in [5.74, 6) is 1.57. The number of fused-ring (bicyclic) bond motifs is 1. The quantitative estimate of drug-likeness (QED) is 0.618. The van der Waals surface area contributed by atoms with Gasteiger partial charge in [-0.3, -0.25) is 0 Å². The lowest BCUT2D eigenvalue weighted by Crippen LogP contribution is -2.08. The van der Waals surface area contributed by atoms with Crippen LogP contribution in [-0.2, 0) is 6.42 Å². The summed E-state index contributed by atoms with van der Waals surface area (Å²) >= 11 is 7.27. The molecule has 0 N–H and O–H groups in total. The van der Waals surface area contributed by atoms with Crippen molar-refractivity contribution in [3.05, 3.63) is 64.1 Å². The lowest BCUT2D eigenvalue weighted by atomic mass is 10.0. The summed E-state index contributed by atoms with van der Waals surface area (Å²) in [5.41, 5.74) is 2.92. The lowest BCUT2D eigenvalue weighted by molar-refractivity contribution is 0.280. The third-order valence-corrected chi connectivity index (χ3v) is 5.59. The summed E-state index contributed by atoms with van der Waals surface area (Å²) in [6.45, 7) is 0.766. The predicted molar refractivity (Wildman–Crippen MR) is 89.6 cm³/mol. The molecule has 0 heterocycles. The molecule has 1 nitrogen and oxygen atoms in total. The second-order valence-electron chi connectivity index (χ2n) is 5.16. The van der Waals surface area contributed by atoms with E-state index in [0.717, 1.165) is 29.7 Å². The van der Waals surface area contributed by atoms with Gasteiger partial charge in [-0.25, -0.2) is 0 Å². The van der Waals surface area contributed by atoms with E-state index in [-0.39, 0.29) is 0 Å². The first-order chi connectivity index (χ1) is 9.74. The maximum Gasteiger partial charge on any atom is 0.119 e. The fourth-order valence-electron chi connectivity index (χ4n) is 2.74. The van der Waals surface area contributed by atoms with Gasteiger partial charge in [0.1, 0.15) is 5.75 Å². The van der Waals surface area contributed by atoms with Crippen LogP contribution in [0.25, 0.3) is 0 Å². The fraction of sp³-hybridized carbons (Fsp3) is 0.294. The van der Waals surface area contributed by atoms with Gasteiger partial charge in [0.25, 0.3) is 0 Å². The van der Waals surface area contributed by atoms with Crippen molar-refractivity contribution < 1.29 is 4.74 Å². The molecule has 0 radical (unpaired) electrons. The second kappa shape index (κ2) is 6.31. The molecule has 1 aliphatic rings. The van der Waals surface area contributed by atoms with Crippen molar-refractivity contribution in [1.29, 1.82) is 0 Å². The first-order valence-corrected chi connectivity index (χ1v) is 8.55. The minimum atomic E-state index is 0.465. The maximum absolute atomic E-state index is 5.83. The third-order valence-electron chi connectivity index (χ3n) is 3.82. The van der Waals surface area contributed by atoms with E-state index in [1.165, 1.54) is 11.1 Å². The summed E-state index contributed by atoms with van der Waals surface area (Å²) < 4.78 is 6.91. The van der Waals surface area contributed by atoms with Crippen molar-refractivity contribution in [3.8, 4) is 5.75 Å². The van der Waals surface area contributed by atoms with Gasteiger partial charge < -0.3 is 4.74 Å². The van der Waals surface area contributed by atoms with Crippen molar-refractivity contribution in [2.45, 2.75) is 17.7 Å². The fourth-order valence-corrected chi connectivity index (χ4v) is 3.90. The van der Waals surface area contributed by atoms with Gasteiger partial charge in [-0.05, 0) is 54.2 Å². The van der Waals surface area contributed by atoms with Crippen LogP contribution in [0.1, 0.15) is 22.4 Å². The molecule has 0 saturated heterocycles. The first-order valence-electron chi connectivity index (χ1n) is 6.84. The molecule has 2 aromatic rings. The molecule has 20 heavy (non-hydrogen) atoms. The van der Waals surface area contributed by atoms with Crippen LogP contribution in [0.15, 0.2) is 53.0 Å². The molecule has 3 rings (SSSR count). The Labute approximate surface area is 136 Å². The van der Waals surface area contributed by atoms with E-state index in [0.29, 0.717) is 10.7 Å². The summed E-state index contributed by atoms with van der Waals surface area (Å²) in [6, 6.07) is 16.7. The molecule has 0 saturated carbocycles. The number of ether oxygens (including phenoxy) is 1. The Hall–Kier alpha value is -0.800. The van der Waals surface area contributed by atoms with Crippen LogP contribution in [-0.4, -0.2) is 6.61 Å². The van der Waals surface area contributed by atoms with Gasteiger partial charge in [-0.15, -0.1) is 0 Å². The monoisotopic (exact) mass is 394 g/mol. The standard InChI is InChI=1S/C17H16Br2O/c18-14-5-7-15(8-6-14)20-10-9-13-11-12-3-1-2-4-16(12)17(13)19/h1-8,13,17H,9-11H2. The van der Waals surface area contributed by atoms with Crippen LogP contribution < -0.4 is 4.74 Å². The normalized spacial score (nSPS) is 20.7. The number of benzene rings is 2. The summed E-state index contributed by atoms with van der Waals surface area (Å²) in [6.07, 6.45) is 2.22. The summed E-state index contributed by atoms with van der Waals surface area (Å²) in [4.78, 5) is 0.465. The summed E-state index contributed by atoms with van der Waals surface area (Å²) in [5, 5.41) is 0. The Morgan fingerprint density at radius 3 is 2.55 bits per heavy atom. The smallest absolute Gasteiger partial charge is 0.119 e. The van der Waals surface area contributed by atoms with Gasteiger partial charge in [0.05, 0.1) is 6.61 Å². The molecular formula is C17H16Br2O. The van der Waals surface area contributed by atoms with Gasteiger partial charge in [-0.2, -0.15) is 0 Å². The van der Waals surface area contributed by atoms with Crippen LogP contribution in [0.3, 0.4) is 0 Å². The number of alkyl halides is 1. The topological polar surface area (TPSA) is 9.23 Å². The number of hydrogen-bond acceptors (Lipinski definition) is 1. The molecule has 2 aromatic carbocycles. The van der Waals surface area contributed by atoms with E-state index in [2.05, 4.69) is 56.1 Å². The molecule has 104 valence electrons. The molecule has 3 heteroatoms. The molecule has 0 aliphatic heterocycles. The van der Waals surface area contributed by atoms with E-state index in [1.807, 2.05) is 24.3 Å². The Kier molecular flexibility index (Phi) is 4.47. The SMILES string of the molecule is Brc1ccc(OCCC2Cc3ccccc3C2Br)cc1. The number of halogens is 2. The largest absolute Gasteiger partial charge is 0.494 e. The van der Waals surface area contributed by atoms with E-state index in [9.17, 15) is 0 Å². The van der Waals surface area contributed by atoms with Gasteiger partial charge in [0.15, 0.2) is 0 Å². The summed E-state index contributed by atoms with van der Waals surface area (Å²) in [7, 11) is 0. The van der Waals surface area contributed by atoms with Gasteiger partial charge in [-0.1, -0.05) is 56.1 Å². The molecule has 0 aromatic heterocycles. The average Bonchev–Trinajstić information content (AvgIpc) is 2.78. The van der Waals surface area contributed by atoms with Crippen molar-refractivity contribution in [1.82, 2.24) is 0 Å². The van der Waals surface area contributed by atoms with Crippen LogP contribution in [0, 0.1) is 5.92 Å². The van der Waals surface area contributed by atoms with Crippen LogP contribution in [0.5, 0.6) is 5.75 Å². The predicted octanol–water partition coefficient (Wildman–Crippen LogP) is 5.53. The number of hydrogen-bond donors (Lipinski definition) is 0. The Morgan fingerprint density at radius 2 is 1.80 bits per heavy atom. The zero-order valence-corrected chi connectivity index (χ0v) is 14.2. The van der Waals surface area contributed by atoms with E-state index >= 15 is 0 Å². The first kappa shape index (κ1) is 14.2. The van der Waals surface area contributed by atoms with Gasteiger partial charge >= 0.3 is 0 Å². The highest BCUT2D eigenvalue weighted by atomic mass is 79.9. The average molecular weight is 396 g/mol. The zero-order chi connectivity index (χ0) is 13.9. The van der Waals surface area contributed by atoms with Crippen LogP contribution >= 0.6 is 31.9 Å². The Morgan fingerprint density at radius 1 is 1.05 bits per heavy atom. The highest BCUT2D eigenvalue weighted by Crippen LogP contribution is 2.43. The minimum Gasteiger partial charge on any atom is -0.494 e. The van der Waals surface area contributed by atoms with E-state index in [1.54, 1.807) is 0 Å². The van der Waals surface area contributed by atoms with Gasteiger partial charge in [0, 0.05) is 9.30 Å². The molecule has 2 unspecified atom stereocenters. The van der Waals surface area contributed by atoms with Crippen LogP contribution in [0.2, 0.25) is 0 Å². The lowest BCUT2D eigenvalue weighted by Gasteiger charge is -2.15. The Bertz CT molecular complexity index is 580. The molecule has 2 atom stereocenters. The Balaban J connectivity index is 1.54. The highest BCUT2D eigenvalue weighted by molar-refractivity contribution is 9.10. The number of rotatable bonds is 4. The van der Waals surface area contributed by atoms with E-state index < -0.39 is 0 Å². The molecule has 0 bridgehead atoms. The molecular weight excluding hydrogens is 380 g/mol.